The van der Waals surface area contributed by atoms with Crippen LogP contribution < -0.4 is 4.74 Å². The summed E-state index contributed by atoms with van der Waals surface area (Å²) in [5.74, 6) is 0.423. The van der Waals surface area contributed by atoms with Gasteiger partial charge in [0, 0.05) is 18.0 Å². The highest BCUT2D eigenvalue weighted by atomic mass is 35.5. The lowest BCUT2D eigenvalue weighted by atomic mass is 9.80. The second-order valence-electron chi connectivity index (χ2n) is 8.57. The highest BCUT2D eigenvalue weighted by Crippen LogP contribution is 2.68. The van der Waals surface area contributed by atoms with Crippen LogP contribution in [-0.4, -0.2) is 34.6 Å². The molecule has 4 bridgehead atoms. The van der Waals surface area contributed by atoms with Gasteiger partial charge >= 0.3 is 6.18 Å². The molecule has 0 radical (unpaired) electrons. The summed E-state index contributed by atoms with van der Waals surface area (Å²) in [6.45, 7) is 0.398. The molecule has 4 nitrogen and oxygen atoms in total. The number of carbonyl (C=O) groups excluding carboxylic acids is 1. The summed E-state index contributed by atoms with van der Waals surface area (Å²) in [5, 5.41) is 0.412. The average molecular weight is 401 g/mol. The van der Waals surface area contributed by atoms with E-state index < -0.39 is 17.0 Å². The predicted molar refractivity (Wildman–Crippen MR) is 91.4 cm³/mol. The Balaban J connectivity index is 1.49. The third-order valence-corrected chi connectivity index (χ3v) is 7.49. The molecule has 8 heteroatoms. The van der Waals surface area contributed by atoms with Crippen LogP contribution in [0.4, 0.5) is 13.2 Å². The largest absolute Gasteiger partial charge is 0.487 e. The maximum absolute atomic E-state index is 13.6. The number of halogens is 4. The molecule has 1 aromatic heterocycles. The summed E-state index contributed by atoms with van der Waals surface area (Å²) in [7, 11) is 0. The molecule has 6 rings (SSSR count). The van der Waals surface area contributed by atoms with Gasteiger partial charge in [-0.2, -0.15) is 13.2 Å². The van der Waals surface area contributed by atoms with Gasteiger partial charge in [0.2, 0.25) is 5.91 Å². The van der Waals surface area contributed by atoms with Gasteiger partial charge in [-0.15, -0.1) is 0 Å². The van der Waals surface area contributed by atoms with Crippen molar-refractivity contribution < 1.29 is 22.7 Å². The molecule has 146 valence electrons. The standard InChI is InChI=1S/C19H20ClF3N2O2/c20-13-8-24-7-12-14-2-1-11(27-15(12)13)9-25(14)16(26)17-3-5-18(10-17,6-4-17)19(21,22)23/h7-8,11,14H,1-6,9-10H2/t11-,14-,17?,18?/m0/s1. The van der Waals surface area contributed by atoms with Crippen molar-refractivity contribution in [3.8, 4) is 5.75 Å². The molecule has 0 unspecified atom stereocenters. The first-order chi connectivity index (χ1) is 12.7. The minimum Gasteiger partial charge on any atom is -0.487 e. The maximum Gasteiger partial charge on any atom is 0.394 e. The van der Waals surface area contributed by atoms with E-state index in [2.05, 4.69) is 4.98 Å². The molecule has 1 saturated heterocycles. The highest BCUT2D eigenvalue weighted by molar-refractivity contribution is 6.32. The van der Waals surface area contributed by atoms with E-state index >= 15 is 0 Å². The molecule has 3 fully saturated rings. The minimum absolute atomic E-state index is 0.0602. The van der Waals surface area contributed by atoms with E-state index in [0.29, 0.717) is 36.6 Å². The van der Waals surface area contributed by atoms with Crippen LogP contribution in [0.25, 0.3) is 0 Å². The third kappa shape index (κ3) is 2.36. The van der Waals surface area contributed by atoms with Crippen molar-refractivity contribution in [2.45, 2.75) is 63.3 Å². The molecule has 1 amide bonds. The summed E-state index contributed by atoms with van der Waals surface area (Å²) in [5.41, 5.74) is -1.79. The van der Waals surface area contributed by atoms with Gasteiger partial charge in [0.25, 0.3) is 0 Å². The van der Waals surface area contributed by atoms with Crippen molar-refractivity contribution in [3.05, 3.63) is 23.0 Å². The van der Waals surface area contributed by atoms with Gasteiger partial charge in [-0.1, -0.05) is 11.6 Å². The molecular formula is C19H20ClF3N2O2. The normalized spacial score (nSPS) is 37.1. The Hall–Kier alpha value is -1.50. The Labute approximate surface area is 160 Å². The van der Waals surface area contributed by atoms with Gasteiger partial charge in [0.15, 0.2) is 0 Å². The number of rotatable bonds is 1. The van der Waals surface area contributed by atoms with Gasteiger partial charge in [-0.05, 0) is 44.9 Å². The summed E-state index contributed by atoms with van der Waals surface area (Å²) in [6, 6.07) is -0.228. The van der Waals surface area contributed by atoms with Crippen LogP contribution in [0.2, 0.25) is 5.02 Å². The number of carbonyl (C=O) groups is 1. The zero-order chi connectivity index (χ0) is 19.0. The van der Waals surface area contributed by atoms with Crippen LogP contribution >= 0.6 is 11.6 Å². The van der Waals surface area contributed by atoms with E-state index in [-0.39, 0.29) is 37.3 Å². The first-order valence-electron chi connectivity index (χ1n) is 9.43. The Morgan fingerprint density at radius 3 is 2.63 bits per heavy atom. The first-order valence-corrected chi connectivity index (χ1v) is 9.80. The van der Waals surface area contributed by atoms with E-state index in [9.17, 15) is 18.0 Å². The number of fused-ring (bicyclic) bond motifs is 4. The fraction of sp³-hybridized carbons (Fsp3) is 0.684. The van der Waals surface area contributed by atoms with Gasteiger partial charge in [-0.25, -0.2) is 0 Å². The topological polar surface area (TPSA) is 42.4 Å². The zero-order valence-corrected chi connectivity index (χ0v) is 15.4. The summed E-state index contributed by atoms with van der Waals surface area (Å²) in [4.78, 5) is 19.4. The molecule has 0 spiro atoms. The molecule has 2 saturated carbocycles. The zero-order valence-electron chi connectivity index (χ0n) is 14.7. The number of hydrogen-bond donors (Lipinski definition) is 0. The predicted octanol–water partition coefficient (Wildman–Crippen LogP) is 4.67. The lowest BCUT2D eigenvalue weighted by molar-refractivity contribution is -0.220. The summed E-state index contributed by atoms with van der Waals surface area (Å²) >= 11 is 6.24. The van der Waals surface area contributed by atoms with Crippen LogP contribution in [0.3, 0.4) is 0 Å². The molecule has 0 N–H and O–H groups in total. The number of amides is 1. The van der Waals surface area contributed by atoms with Crippen molar-refractivity contribution in [1.82, 2.24) is 9.88 Å². The molecule has 4 heterocycles. The van der Waals surface area contributed by atoms with Crippen molar-refractivity contribution in [1.29, 1.82) is 0 Å². The molecule has 2 aliphatic carbocycles. The second kappa shape index (κ2) is 5.52. The van der Waals surface area contributed by atoms with Gasteiger partial charge in [0.05, 0.1) is 23.4 Å². The quantitative estimate of drug-likeness (QED) is 0.687. The number of piperidine rings is 1. The van der Waals surface area contributed by atoms with Crippen LogP contribution in [0.15, 0.2) is 12.4 Å². The number of hydrogen-bond acceptors (Lipinski definition) is 3. The van der Waals surface area contributed by atoms with E-state index in [0.717, 1.165) is 12.0 Å². The van der Waals surface area contributed by atoms with Crippen molar-refractivity contribution in [3.63, 3.8) is 0 Å². The van der Waals surface area contributed by atoms with Crippen LogP contribution in [0.5, 0.6) is 5.75 Å². The van der Waals surface area contributed by atoms with Gasteiger partial charge in [0.1, 0.15) is 16.9 Å². The number of nitrogens with zero attached hydrogens (tertiary/aromatic N) is 2. The van der Waals surface area contributed by atoms with E-state index in [1.54, 1.807) is 11.1 Å². The van der Waals surface area contributed by atoms with Crippen molar-refractivity contribution in [2.24, 2.45) is 10.8 Å². The minimum atomic E-state index is -4.24. The van der Waals surface area contributed by atoms with Gasteiger partial charge in [-0.3, -0.25) is 9.78 Å². The number of pyridine rings is 1. The number of aromatic nitrogens is 1. The Kier molecular flexibility index (Phi) is 3.60. The number of alkyl halides is 3. The lowest BCUT2D eigenvalue weighted by Crippen LogP contribution is -2.49. The molecule has 3 aliphatic heterocycles. The summed E-state index contributed by atoms with van der Waals surface area (Å²) in [6.07, 6.45) is 0.955. The second-order valence-corrected chi connectivity index (χ2v) is 8.97. The van der Waals surface area contributed by atoms with E-state index in [1.807, 2.05) is 0 Å². The smallest absolute Gasteiger partial charge is 0.394 e. The number of ether oxygens (including phenoxy) is 1. The van der Waals surface area contributed by atoms with Crippen LogP contribution in [-0.2, 0) is 4.79 Å². The van der Waals surface area contributed by atoms with Crippen molar-refractivity contribution in [2.75, 3.05) is 6.54 Å². The lowest BCUT2D eigenvalue weighted by Gasteiger charge is -2.40. The van der Waals surface area contributed by atoms with E-state index in [4.69, 9.17) is 16.3 Å². The fourth-order valence-electron chi connectivity index (χ4n) is 5.73. The Morgan fingerprint density at radius 1 is 1.22 bits per heavy atom. The first kappa shape index (κ1) is 17.6. The third-order valence-electron chi connectivity index (χ3n) is 7.22. The van der Waals surface area contributed by atoms with E-state index in [1.165, 1.54) is 6.20 Å². The Morgan fingerprint density at radius 2 is 1.96 bits per heavy atom. The molecule has 1 aromatic rings. The van der Waals surface area contributed by atoms with Crippen LogP contribution in [0.1, 0.15) is 56.6 Å². The molecule has 2 atom stereocenters. The average Bonchev–Trinajstić information content (AvgIpc) is 3.12. The van der Waals surface area contributed by atoms with Crippen molar-refractivity contribution >= 4 is 17.5 Å². The fourth-order valence-corrected chi connectivity index (χ4v) is 5.94. The monoisotopic (exact) mass is 400 g/mol. The maximum atomic E-state index is 13.6. The molecule has 0 aromatic carbocycles. The summed E-state index contributed by atoms with van der Waals surface area (Å²) < 4.78 is 46.8. The molecular weight excluding hydrogens is 381 g/mol. The molecule has 27 heavy (non-hydrogen) atoms. The molecule has 5 aliphatic rings. The highest BCUT2D eigenvalue weighted by Gasteiger charge is 2.69. The SMILES string of the molecule is O=C(N1C[C@@H]2CC[C@H]1c1cncc(Cl)c1O2)C12CCC(C(F)(F)F)(CC1)C2. The Bertz CT molecular complexity index is 805. The van der Waals surface area contributed by atoms with Gasteiger partial charge < -0.3 is 9.64 Å². The van der Waals surface area contributed by atoms with Crippen LogP contribution in [0, 0.1) is 10.8 Å².